The highest BCUT2D eigenvalue weighted by molar-refractivity contribution is 5.92. The number of halogens is 2. The van der Waals surface area contributed by atoms with Crippen LogP contribution < -0.4 is 5.32 Å². The lowest BCUT2D eigenvalue weighted by atomic mass is 10.2. The third-order valence-electron chi connectivity index (χ3n) is 2.63. The number of carbonyl (C=O) groups excluding carboxylic acids is 1. The minimum absolute atomic E-state index is 0.210. The first-order valence-electron chi connectivity index (χ1n) is 5.58. The topological polar surface area (TPSA) is 69.6 Å². The molecule has 0 bridgehead atoms. The Bertz CT molecular complexity index is 494. The van der Waals surface area contributed by atoms with Crippen molar-refractivity contribution in [3.05, 3.63) is 29.8 Å². The molecule has 0 heterocycles. The maximum absolute atomic E-state index is 13.3. The van der Waals surface area contributed by atoms with Gasteiger partial charge >= 0.3 is 12.0 Å². The second kappa shape index (κ2) is 6.12. The minimum atomic E-state index is -1.15. The van der Waals surface area contributed by atoms with Crippen LogP contribution >= 0.6 is 0 Å². The fraction of sp³-hybridized carbons (Fsp3) is 0.333. The Morgan fingerprint density at radius 3 is 2.53 bits per heavy atom. The van der Waals surface area contributed by atoms with Gasteiger partial charge < -0.3 is 15.3 Å². The van der Waals surface area contributed by atoms with Crippen LogP contribution in [-0.4, -0.2) is 35.1 Å². The van der Waals surface area contributed by atoms with Gasteiger partial charge in [-0.05, 0) is 18.6 Å². The zero-order chi connectivity index (χ0) is 14.6. The van der Waals surface area contributed by atoms with E-state index in [-0.39, 0.29) is 12.1 Å². The lowest BCUT2D eigenvalue weighted by Gasteiger charge is -2.24. The summed E-state index contributed by atoms with van der Waals surface area (Å²) in [5.41, 5.74) is -0.210. The molecule has 1 atom stereocenters. The van der Waals surface area contributed by atoms with E-state index in [1.165, 1.54) is 7.05 Å². The zero-order valence-electron chi connectivity index (χ0n) is 10.5. The SMILES string of the molecule is CCC(C(=O)O)N(C)C(=O)Nc1ccc(F)cc1F. The average Bonchev–Trinajstić information content (AvgIpc) is 2.32. The number of likely N-dealkylation sites (N-methyl/N-ethyl adjacent to an activating group) is 1. The lowest BCUT2D eigenvalue weighted by Crippen LogP contribution is -2.44. The summed E-state index contributed by atoms with van der Waals surface area (Å²) >= 11 is 0. The van der Waals surface area contributed by atoms with E-state index in [1.807, 2.05) is 0 Å². The second-order valence-corrected chi connectivity index (χ2v) is 3.93. The predicted octanol–water partition coefficient (Wildman–Crippen LogP) is 2.29. The van der Waals surface area contributed by atoms with Crippen LogP contribution in [0, 0.1) is 11.6 Å². The van der Waals surface area contributed by atoms with Gasteiger partial charge in [-0.3, -0.25) is 0 Å². The number of carboxylic acid groups (broad SMARTS) is 1. The van der Waals surface area contributed by atoms with Crippen molar-refractivity contribution in [2.75, 3.05) is 12.4 Å². The van der Waals surface area contributed by atoms with E-state index in [4.69, 9.17) is 5.11 Å². The smallest absolute Gasteiger partial charge is 0.326 e. The Hall–Kier alpha value is -2.18. The van der Waals surface area contributed by atoms with Gasteiger partial charge in [-0.2, -0.15) is 0 Å². The Balaban J connectivity index is 2.81. The number of carboxylic acids is 1. The molecule has 1 aromatic rings. The fourth-order valence-corrected chi connectivity index (χ4v) is 1.55. The number of urea groups is 1. The summed E-state index contributed by atoms with van der Waals surface area (Å²) in [6.07, 6.45) is 0.213. The molecule has 1 unspecified atom stereocenters. The molecule has 1 aromatic carbocycles. The van der Waals surface area contributed by atoms with Gasteiger partial charge in [0.1, 0.15) is 17.7 Å². The monoisotopic (exact) mass is 272 g/mol. The van der Waals surface area contributed by atoms with E-state index in [0.29, 0.717) is 6.07 Å². The molecule has 0 saturated heterocycles. The van der Waals surface area contributed by atoms with Gasteiger partial charge in [-0.15, -0.1) is 0 Å². The van der Waals surface area contributed by atoms with Gasteiger partial charge in [0.25, 0.3) is 0 Å². The molecule has 0 spiro atoms. The molecule has 1 rings (SSSR count). The van der Waals surface area contributed by atoms with Crippen molar-refractivity contribution in [1.82, 2.24) is 4.90 Å². The molecule has 0 saturated carbocycles. The molecule has 0 aliphatic heterocycles. The largest absolute Gasteiger partial charge is 0.480 e. The molecule has 0 fully saturated rings. The van der Waals surface area contributed by atoms with Crippen LogP contribution in [0.2, 0.25) is 0 Å². The Morgan fingerprint density at radius 2 is 2.05 bits per heavy atom. The van der Waals surface area contributed by atoms with Gasteiger partial charge in [0.2, 0.25) is 0 Å². The maximum Gasteiger partial charge on any atom is 0.326 e. The predicted molar refractivity (Wildman–Crippen MR) is 64.9 cm³/mol. The van der Waals surface area contributed by atoms with Crippen molar-refractivity contribution in [2.45, 2.75) is 19.4 Å². The van der Waals surface area contributed by atoms with Gasteiger partial charge in [-0.1, -0.05) is 6.92 Å². The highest BCUT2D eigenvalue weighted by Crippen LogP contribution is 2.16. The van der Waals surface area contributed by atoms with Crippen molar-refractivity contribution < 1.29 is 23.5 Å². The van der Waals surface area contributed by atoms with E-state index in [0.717, 1.165) is 17.0 Å². The molecule has 0 aliphatic rings. The summed E-state index contributed by atoms with van der Waals surface area (Å²) in [5.74, 6) is -2.84. The molecule has 7 heteroatoms. The van der Waals surface area contributed by atoms with Crippen molar-refractivity contribution in [2.24, 2.45) is 0 Å². The van der Waals surface area contributed by atoms with Gasteiger partial charge in [-0.25, -0.2) is 18.4 Å². The number of carbonyl (C=O) groups is 2. The number of anilines is 1. The van der Waals surface area contributed by atoms with E-state index in [1.54, 1.807) is 6.92 Å². The third-order valence-corrected chi connectivity index (χ3v) is 2.63. The first kappa shape index (κ1) is 14.9. The third kappa shape index (κ3) is 3.64. The molecule has 104 valence electrons. The number of aliphatic carboxylic acids is 1. The number of rotatable bonds is 4. The van der Waals surface area contributed by atoms with E-state index in [9.17, 15) is 18.4 Å². The second-order valence-electron chi connectivity index (χ2n) is 3.93. The van der Waals surface area contributed by atoms with E-state index in [2.05, 4.69) is 5.32 Å². The summed E-state index contributed by atoms with van der Waals surface area (Å²) < 4.78 is 26.0. The van der Waals surface area contributed by atoms with Gasteiger partial charge in [0.15, 0.2) is 0 Å². The summed E-state index contributed by atoms with van der Waals surface area (Å²) in [4.78, 5) is 23.6. The highest BCUT2D eigenvalue weighted by atomic mass is 19.1. The Morgan fingerprint density at radius 1 is 1.42 bits per heavy atom. The quantitative estimate of drug-likeness (QED) is 0.883. The first-order valence-corrected chi connectivity index (χ1v) is 5.58. The van der Waals surface area contributed by atoms with E-state index < -0.39 is 29.7 Å². The number of amides is 2. The van der Waals surface area contributed by atoms with Crippen LogP contribution in [0.25, 0.3) is 0 Å². The lowest BCUT2D eigenvalue weighted by molar-refractivity contribution is -0.141. The van der Waals surface area contributed by atoms with Crippen LogP contribution in [0.1, 0.15) is 13.3 Å². The van der Waals surface area contributed by atoms with Gasteiger partial charge in [0.05, 0.1) is 5.69 Å². The van der Waals surface area contributed by atoms with Crippen LogP contribution in [0.3, 0.4) is 0 Å². The molecule has 0 aromatic heterocycles. The normalized spacial score (nSPS) is 11.8. The molecular weight excluding hydrogens is 258 g/mol. The number of hydrogen-bond donors (Lipinski definition) is 2. The first-order chi connectivity index (χ1) is 8.86. The standard InChI is InChI=1S/C12H14F2N2O3/c1-3-10(11(17)18)16(2)12(19)15-9-5-4-7(13)6-8(9)14/h4-6,10H,3H2,1-2H3,(H,15,19)(H,17,18). The van der Waals surface area contributed by atoms with Crippen molar-refractivity contribution in [3.8, 4) is 0 Å². The van der Waals surface area contributed by atoms with Gasteiger partial charge in [0, 0.05) is 13.1 Å². The Kier molecular flexibility index (Phi) is 4.80. The number of hydrogen-bond acceptors (Lipinski definition) is 2. The summed E-state index contributed by atoms with van der Waals surface area (Å²) in [5, 5.41) is 11.1. The van der Waals surface area contributed by atoms with Crippen molar-refractivity contribution >= 4 is 17.7 Å². The van der Waals surface area contributed by atoms with Crippen molar-refractivity contribution in [3.63, 3.8) is 0 Å². The van der Waals surface area contributed by atoms with Crippen LogP contribution in [0.4, 0.5) is 19.3 Å². The van der Waals surface area contributed by atoms with Crippen LogP contribution in [0.5, 0.6) is 0 Å². The average molecular weight is 272 g/mol. The number of nitrogens with zero attached hydrogens (tertiary/aromatic N) is 1. The molecule has 0 aliphatic carbocycles. The molecule has 19 heavy (non-hydrogen) atoms. The maximum atomic E-state index is 13.3. The van der Waals surface area contributed by atoms with Crippen LogP contribution in [0.15, 0.2) is 18.2 Å². The molecule has 5 nitrogen and oxygen atoms in total. The summed E-state index contributed by atoms with van der Waals surface area (Å²) in [6, 6.07) is 0.901. The fourth-order valence-electron chi connectivity index (χ4n) is 1.55. The Labute approximate surface area is 108 Å². The zero-order valence-corrected chi connectivity index (χ0v) is 10.5. The number of benzene rings is 1. The van der Waals surface area contributed by atoms with Crippen LogP contribution in [-0.2, 0) is 4.79 Å². The summed E-state index contributed by atoms with van der Waals surface area (Å²) in [6.45, 7) is 1.61. The molecule has 0 radical (unpaired) electrons. The summed E-state index contributed by atoms with van der Waals surface area (Å²) in [7, 11) is 1.29. The van der Waals surface area contributed by atoms with Crippen molar-refractivity contribution in [1.29, 1.82) is 0 Å². The number of nitrogens with one attached hydrogen (secondary N) is 1. The molecule has 2 amide bonds. The highest BCUT2D eigenvalue weighted by Gasteiger charge is 2.25. The molecule has 2 N–H and O–H groups in total. The molecular formula is C12H14F2N2O3. The minimum Gasteiger partial charge on any atom is -0.480 e. The van der Waals surface area contributed by atoms with E-state index >= 15 is 0 Å².